The molecule has 0 amide bonds. The fourth-order valence-corrected chi connectivity index (χ4v) is 5.66. The number of rotatable bonds is 5. The minimum Gasteiger partial charge on any atom is -0.318 e. The van der Waals surface area contributed by atoms with E-state index in [0.717, 1.165) is 0 Å². The van der Waals surface area contributed by atoms with Gasteiger partial charge in [0, 0.05) is 44.0 Å². The zero-order valence-electron chi connectivity index (χ0n) is 23.3. The molecule has 0 N–H and O–H groups in total. The van der Waals surface area contributed by atoms with Gasteiger partial charge in [0.05, 0.1) is 11.0 Å². The van der Waals surface area contributed by atoms with E-state index in [1.54, 1.807) is 0 Å². The van der Waals surface area contributed by atoms with Crippen LogP contribution in [0.1, 0.15) is 51.4 Å². The summed E-state index contributed by atoms with van der Waals surface area (Å²) in [5, 5.41) is 5.07. The van der Waals surface area contributed by atoms with Crippen LogP contribution in [-0.2, 0) is 0 Å². The van der Waals surface area contributed by atoms with Crippen LogP contribution in [0.2, 0.25) is 0 Å². The van der Waals surface area contributed by atoms with Gasteiger partial charge in [0.25, 0.3) is 0 Å². The Kier molecular flexibility index (Phi) is 7.07. The average molecular weight is 497 g/mol. The summed E-state index contributed by atoms with van der Waals surface area (Å²) in [6.07, 6.45) is 13.2. The third-order valence-electron chi connectivity index (χ3n) is 7.48. The van der Waals surface area contributed by atoms with E-state index in [-0.39, 0.29) is 0 Å². The van der Waals surface area contributed by atoms with Crippen molar-refractivity contribution >= 4 is 51.3 Å². The highest BCUT2D eigenvalue weighted by atomic mass is 15.0. The fourth-order valence-electron chi connectivity index (χ4n) is 5.66. The lowest BCUT2D eigenvalue weighted by Gasteiger charge is -2.09. The van der Waals surface area contributed by atoms with Gasteiger partial charge >= 0.3 is 0 Å². The van der Waals surface area contributed by atoms with E-state index in [4.69, 9.17) is 0 Å². The second-order valence-electron chi connectivity index (χ2n) is 9.79. The van der Waals surface area contributed by atoms with Crippen LogP contribution < -0.4 is 10.6 Å². The Bertz CT molecular complexity index is 1850. The Morgan fingerprint density at radius 1 is 0.763 bits per heavy atom. The van der Waals surface area contributed by atoms with Crippen molar-refractivity contribution in [2.24, 2.45) is 0 Å². The topological polar surface area (TPSA) is 9.86 Å². The highest BCUT2D eigenvalue weighted by Gasteiger charge is 2.14. The molecule has 0 saturated carbocycles. The first kappa shape index (κ1) is 25.4. The van der Waals surface area contributed by atoms with Crippen LogP contribution in [0.5, 0.6) is 0 Å². The zero-order chi connectivity index (χ0) is 26.8. The van der Waals surface area contributed by atoms with Crippen molar-refractivity contribution in [1.82, 2.24) is 9.13 Å². The molecule has 2 aromatic heterocycles. The predicted octanol–water partition coefficient (Wildman–Crippen LogP) is 8.49. The number of para-hydroxylation sites is 2. The molecule has 5 rings (SSSR count). The number of hydrogen-bond acceptors (Lipinski definition) is 0. The summed E-state index contributed by atoms with van der Waals surface area (Å²) in [5.74, 6) is 0. The van der Waals surface area contributed by atoms with Gasteiger partial charge < -0.3 is 9.13 Å². The van der Waals surface area contributed by atoms with E-state index >= 15 is 0 Å². The van der Waals surface area contributed by atoms with Gasteiger partial charge in [-0.2, -0.15) is 0 Å². The molecule has 0 bridgehead atoms. The molecule has 0 saturated heterocycles. The number of nitrogens with zero attached hydrogens (tertiary/aromatic N) is 2. The average Bonchev–Trinajstić information content (AvgIpc) is 3.42. The van der Waals surface area contributed by atoms with Crippen molar-refractivity contribution in [3.05, 3.63) is 118 Å². The maximum absolute atomic E-state index is 2.37. The third kappa shape index (κ3) is 4.26. The van der Waals surface area contributed by atoms with Crippen molar-refractivity contribution in [2.75, 3.05) is 0 Å². The van der Waals surface area contributed by atoms with E-state index in [0.29, 0.717) is 0 Å². The van der Waals surface area contributed by atoms with Crippen molar-refractivity contribution < 1.29 is 0 Å². The normalized spacial score (nSPS) is 14.1. The Hall–Kier alpha value is -4.30. The number of hydrogen-bond donors (Lipinski definition) is 0. The molecule has 0 aliphatic carbocycles. The first-order chi connectivity index (χ1) is 18.5. The third-order valence-corrected chi connectivity index (χ3v) is 7.48. The lowest BCUT2D eigenvalue weighted by molar-refractivity contribution is 0.990. The smallest absolute Gasteiger partial charge is 0.0541 e. The van der Waals surface area contributed by atoms with Crippen LogP contribution in [0.25, 0.3) is 57.0 Å². The zero-order valence-corrected chi connectivity index (χ0v) is 23.3. The first-order valence-electron chi connectivity index (χ1n) is 13.4. The van der Waals surface area contributed by atoms with Gasteiger partial charge in [-0.3, -0.25) is 0 Å². The summed E-state index contributed by atoms with van der Waals surface area (Å²) in [5.41, 5.74) is 9.88. The van der Waals surface area contributed by atoms with Crippen LogP contribution in [0.15, 0.2) is 91.0 Å². The van der Waals surface area contributed by atoms with E-state index in [1.165, 1.54) is 66.2 Å². The standard InChI is InChI=1S/C36H36N2/c1-7-10-16-26(5)37-27(6)32(30(8-2)34(37)9-3)23-25(4)28-21-22-36-33(24-28)31-19-14-15-20-35(31)38(36)29-17-12-11-13-18-29/h7-24H,1-6H3/b10-7-,25-23+,26-16+,30-8-,34-9+. The molecular weight excluding hydrogens is 460 g/mol. The van der Waals surface area contributed by atoms with Crippen molar-refractivity contribution in [3.63, 3.8) is 0 Å². The van der Waals surface area contributed by atoms with Crippen LogP contribution in [0.3, 0.4) is 0 Å². The molecular formula is C36H36N2. The molecule has 3 aromatic carbocycles. The van der Waals surface area contributed by atoms with Gasteiger partial charge in [-0.05, 0) is 95.2 Å². The summed E-state index contributed by atoms with van der Waals surface area (Å²) in [6, 6.07) is 26.2. The molecule has 38 heavy (non-hydrogen) atoms. The van der Waals surface area contributed by atoms with Crippen LogP contribution >= 0.6 is 0 Å². The summed E-state index contributed by atoms with van der Waals surface area (Å²) in [6.45, 7) is 12.9. The van der Waals surface area contributed by atoms with E-state index < -0.39 is 0 Å². The summed E-state index contributed by atoms with van der Waals surface area (Å²) in [4.78, 5) is 0. The summed E-state index contributed by atoms with van der Waals surface area (Å²) >= 11 is 0. The summed E-state index contributed by atoms with van der Waals surface area (Å²) < 4.78 is 4.73. The molecule has 190 valence electrons. The minimum absolute atomic E-state index is 1.18. The number of allylic oxidation sites excluding steroid dienone is 5. The van der Waals surface area contributed by atoms with Crippen molar-refractivity contribution in [2.45, 2.75) is 41.5 Å². The van der Waals surface area contributed by atoms with Crippen LogP contribution in [0.4, 0.5) is 0 Å². The largest absolute Gasteiger partial charge is 0.318 e. The Balaban J connectivity index is 1.71. The lowest BCUT2D eigenvalue weighted by atomic mass is 10.0. The fraction of sp³-hybridized carbons (Fsp3) is 0.167. The van der Waals surface area contributed by atoms with E-state index in [2.05, 4.69) is 160 Å². The highest BCUT2D eigenvalue weighted by Crippen LogP contribution is 2.34. The molecule has 0 radical (unpaired) electrons. The molecule has 0 fully saturated rings. The molecule has 0 unspecified atom stereocenters. The quantitative estimate of drug-likeness (QED) is 0.216. The van der Waals surface area contributed by atoms with Crippen LogP contribution in [0, 0.1) is 6.92 Å². The molecule has 2 heterocycles. The Labute approximate surface area is 225 Å². The van der Waals surface area contributed by atoms with E-state index in [1.807, 2.05) is 0 Å². The monoisotopic (exact) mass is 496 g/mol. The maximum Gasteiger partial charge on any atom is 0.0541 e. The molecule has 2 nitrogen and oxygen atoms in total. The minimum atomic E-state index is 1.18. The van der Waals surface area contributed by atoms with Gasteiger partial charge in [-0.25, -0.2) is 0 Å². The molecule has 5 aromatic rings. The van der Waals surface area contributed by atoms with Crippen LogP contribution in [-0.4, -0.2) is 9.13 Å². The molecule has 0 aliphatic rings. The van der Waals surface area contributed by atoms with Gasteiger partial charge in [0.15, 0.2) is 0 Å². The second kappa shape index (κ2) is 10.6. The Morgan fingerprint density at radius 2 is 1.47 bits per heavy atom. The van der Waals surface area contributed by atoms with Crippen molar-refractivity contribution in [1.29, 1.82) is 0 Å². The van der Waals surface area contributed by atoms with Gasteiger partial charge in [0.2, 0.25) is 0 Å². The van der Waals surface area contributed by atoms with Crippen molar-refractivity contribution in [3.8, 4) is 5.69 Å². The lowest BCUT2D eigenvalue weighted by Crippen LogP contribution is -2.28. The SMILES string of the molecule is C/C=C\C=C(/C)n1c(C)c(/C=C(\C)c2ccc3c(c2)c2ccccc2n3-c2ccccc2)c(=C/C)/c1=C\C. The van der Waals surface area contributed by atoms with Gasteiger partial charge in [-0.15, -0.1) is 0 Å². The maximum atomic E-state index is 2.37. The molecule has 0 spiro atoms. The van der Waals surface area contributed by atoms with Gasteiger partial charge in [0.1, 0.15) is 0 Å². The number of fused-ring (bicyclic) bond motifs is 3. The van der Waals surface area contributed by atoms with Gasteiger partial charge in [-0.1, -0.05) is 66.8 Å². The van der Waals surface area contributed by atoms with E-state index in [9.17, 15) is 0 Å². The predicted molar refractivity (Wildman–Crippen MR) is 168 cm³/mol. The highest BCUT2D eigenvalue weighted by molar-refractivity contribution is 6.10. The second-order valence-corrected chi connectivity index (χ2v) is 9.79. The number of aromatic nitrogens is 2. The molecule has 0 aliphatic heterocycles. The summed E-state index contributed by atoms with van der Waals surface area (Å²) in [7, 11) is 0. The number of benzene rings is 3. The first-order valence-corrected chi connectivity index (χ1v) is 13.4. The molecule has 2 heteroatoms. The Morgan fingerprint density at radius 3 is 2.18 bits per heavy atom. The molecule has 0 atom stereocenters.